The van der Waals surface area contributed by atoms with Crippen LogP contribution in [0.1, 0.15) is 11.1 Å². The zero-order valence-electron chi connectivity index (χ0n) is 11.5. The third kappa shape index (κ3) is 4.94. The van der Waals surface area contributed by atoms with E-state index in [-0.39, 0.29) is 5.69 Å². The van der Waals surface area contributed by atoms with Crippen LogP contribution in [-0.4, -0.2) is 15.5 Å². The second-order valence-corrected chi connectivity index (χ2v) is 5.90. The molecule has 0 fully saturated rings. The van der Waals surface area contributed by atoms with Gasteiger partial charge in [-0.1, -0.05) is 66.4 Å². The molecule has 0 aliphatic heterocycles. The Kier molecular flexibility index (Phi) is 6.05. The Balaban J connectivity index is 1.87. The normalized spacial score (nSPS) is 10.5. The molecular formula is C15H13N3O2S2. The molecule has 2 aromatic carbocycles. The van der Waals surface area contributed by atoms with Gasteiger partial charge in [0, 0.05) is 11.8 Å². The molecule has 0 heterocycles. The van der Waals surface area contributed by atoms with E-state index in [1.165, 1.54) is 29.6 Å². The van der Waals surface area contributed by atoms with Crippen molar-refractivity contribution in [1.29, 1.82) is 0 Å². The highest BCUT2D eigenvalue weighted by Crippen LogP contribution is 2.15. The topological polar surface area (TPSA) is 67.5 Å². The van der Waals surface area contributed by atoms with Crippen LogP contribution in [0.15, 0.2) is 59.7 Å². The number of nitro groups is 1. The van der Waals surface area contributed by atoms with Crippen molar-refractivity contribution in [2.75, 3.05) is 0 Å². The second kappa shape index (κ2) is 8.26. The highest BCUT2D eigenvalue weighted by Gasteiger charge is 2.09. The van der Waals surface area contributed by atoms with Gasteiger partial charge in [0.2, 0.25) is 0 Å². The average Bonchev–Trinajstić information content (AvgIpc) is 2.54. The second-order valence-electron chi connectivity index (χ2n) is 4.25. The lowest BCUT2D eigenvalue weighted by molar-refractivity contribution is -0.385. The first-order chi connectivity index (χ1) is 10.7. The van der Waals surface area contributed by atoms with Crippen LogP contribution in [0.4, 0.5) is 5.69 Å². The predicted octanol–water partition coefficient (Wildman–Crippen LogP) is 3.74. The van der Waals surface area contributed by atoms with E-state index in [1.54, 1.807) is 18.2 Å². The quantitative estimate of drug-likeness (QED) is 0.391. The molecule has 0 unspecified atom stereocenters. The van der Waals surface area contributed by atoms with Crippen molar-refractivity contribution < 1.29 is 4.92 Å². The molecule has 1 N–H and O–H groups in total. The van der Waals surface area contributed by atoms with Crippen molar-refractivity contribution in [2.24, 2.45) is 5.10 Å². The van der Waals surface area contributed by atoms with E-state index in [9.17, 15) is 10.1 Å². The molecule has 0 bridgehead atoms. The van der Waals surface area contributed by atoms with Crippen LogP contribution in [0.25, 0.3) is 0 Å². The van der Waals surface area contributed by atoms with E-state index in [0.717, 1.165) is 5.75 Å². The Bertz CT molecular complexity index is 690. The van der Waals surface area contributed by atoms with Crippen LogP contribution < -0.4 is 5.43 Å². The van der Waals surface area contributed by atoms with Gasteiger partial charge >= 0.3 is 0 Å². The summed E-state index contributed by atoms with van der Waals surface area (Å²) in [5.41, 5.74) is 4.31. The van der Waals surface area contributed by atoms with Gasteiger partial charge in [-0.3, -0.25) is 15.5 Å². The van der Waals surface area contributed by atoms with Gasteiger partial charge in [0.1, 0.15) is 0 Å². The summed E-state index contributed by atoms with van der Waals surface area (Å²) in [6.07, 6.45) is 1.40. The number of thiocarbonyl (C=S) groups is 1. The number of nitro benzene ring substituents is 1. The monoisotopic (exact) mass is 331 g/mol. The Morgan fingerprint density at radius 3 is 2.64 bits per heavy atom. The van der Waals surface area contributed by atoms with Crippen LogP contribution in [-0.2, 0) is 5.75 Å². The lowest BCUT2D eigenvalue weighted by Gasteiger charge is -2.02. The number of nitrogens with zero attached hydrogens (tertiary/aromatic N) is 2. The summed E-state index contributed by atoms with van der Waals surface area (Å²) in [5.74, 6) is 0.744. The molecule has 0 spiro atoms. The third-order valence-corrected chi connectivity index (χ3v) is 3.98. The van der Waals surface area contributed by atoms with Crippen molar-refractivity contribution in [3.8, 4) is 0 Å². The van der Waals surface area contributed by atoms with Crippen LogP contribution >= 0.6 is 24.0 Å². The predicted molar refractivity (Wildman–Crippen MR) is 94.2 cm³/mol. The highest BCUT2D eigenvalue weighted by atomic mass is 32.2. The Hall–Kier alpha value is -2.25. The molecule has 5 nitrogen and oxygen atoms in total. The molecule has 0 amide bonds. The van der Waals surface area contributed by atoms with Gasteiger partial charge in [0.15, 0.2) is 4.32 Å². The number of rotatable bonds is 5. The average molecular weight is 331 g/mol. The standard InChI is InChI=1S/C15H13N3O2S2/c19-18(20)14-9-5-4-8-13(14)10-16-17-15(21)22-11-12-6-2-1-3-7-12/h1-10H,11H2,(H,17,21)/b16-10+. The maximum atomic E-state index is 10.9. The van der Waals surface area contributed by atoms with Crippen LogP contribution in [0.3, 0.4) is 0 Å². The first kappa shape index (κ1) is 16.1. The lowest BCUT2D eigenvalue weighted by Crippen LogP contribution is -2.11. The van der Waals surface area contributed by atoms with E-state index < -0.39 is 4.92 Å². The summed E-state index contributed by atoms with van der Waals surface area (Å²) in [6, 6.07) is 16.3. The largest absolute Gasteiger partial charge is 0.278 e. The summed E-state index contributed by atoms with van der Waals surface area (Å²) in [4.78, 5) is 10.4. The molecule has 22 heavy (non-hydrogen) atoms. The molecule has 0 atom stereocenters. The third-order valence-electron chi connectivity index (χ3n) is 2.71. The number of thioether (sulfide) groups is 1. The smallest absolute Gasteiger partial charge is 0.262 e. The fraction of sp³-hybridized carbons (Fsp3) is 0.0667. The fourth-order valence-corrected chi connectivity index (χ4v) is 2.51. The fourth-order valence-electron chi connectivity index (χ4n) is 1.67. The zero-order chi connectivity index (χ0) is 15.8. The minimum Gasteiger partial charge on any atom is -0.262 e. The molecule has 0 saturated heterocycles. The van der Waals surface area contributed by atoms with Gasteiger partial charge in [-0.05, 0) is 11.6 Å². The molecule has 0 saturated carbocycles. The molecule has 2 rings (SSSR count). The van der Waals surface area contributed by atoms with Gasteiger partial charge < -0.3 is 0 Å². The number of hydrogen-bond acceptors (Lipinski definition) is 5. The number of hydrazone groups is 1. The van der Waals surface area contributed by atoms with Crippen LogP contribution in [0.2, 0.25) is 0 Å². The Morgan fingerprint density at radius 2 is 1.91 bits per heavy atom. The Labute approximate surface area is 137 Å². The summed E-state index contributed by atoms with van der Waals surface area (Å²) in [7, 11) is 0. The van der Waals surface area contributed by atoms with Crippen molar-refractivity contribution >= 4 is 40.2 Å². The first-order valence-electron chi connectivity index (χ1n) is 6.40. The number of benzene rings is 2. The molecule has 0 radical (unpaired) electrons. The molecule has 0 aliphatic rings. The van der Waals surface area contributed by atoms with E-state index in [1.807, 2.05) is 30.3 Å². The minimum absolute atomic E-state index is 0.0101. The maximum absolute atomic E-state index is 10.9. The van der Waals surface area contributed by atoms with Crippen LogP contribution in [0.5, 0.6) is 0 Å². The lowest BCUT2D eigenvalue weighted by atomic mass is 10.2. The van der Waals surface area contributed by atoms with Gasteiger partial charge in [0.25, 0.3) is 5.69 Å². The Morgan fingerprint density at radius 1 is 1.23 bits per heavy atom. The van der Waals surface area contributed by atoms with E-state index in [2.05, 4.69) is 10.5 Å². The number of para-hydroxylation sites is 1. The molecule has 0 aliphatic carbocycles. The molecule has 112 valence electrons. The highest BCUT2D eigenvalue weighted by molar-refractivity contribution is 8.22. The van der Waals surface area contributed by atoms with Crippen molar-refractivity contribution in [3.63, 3.8) is 0 Å². The van der Waals surface area contributed by atoms with E-state index in [4.69, 9.17) is 12.2 Å². The van der Waals surface area contributed by atoms with Gasteiger partial charge in [-0.25, -0.2) is 0 Å². The molecule has 0 aromatic heterocycles. The molecular weight excluding hydrogens is 318 g/mol. The van der Waals surface area contributed by atoms with E-state index >= 15 is 0 Å². The SMILES string of the molecule is O=[N+]([O-])c1ccccc1/C=N/NC(=S)SCc1ccccc1. The minimum atomic E-state index is -0.441. The van der Waals surface area contributed by atoms with Crippen LogP contribution in [0, 0.1) is 10.1 Å². The van der Waals surface area contributed by atoms with E-state index in [0.29, 0.717) is 9.88 Å². The molecule has 7 heteroatoms. The first-order valence-corrected chi connectivity index (χ1v) is 7.79. The number of hydrogen-bond donors (Lipinski definition) is 1. The summed E-state index contributed by atoms with van der Waals surface area (Å²) < 4.78 is 0.513. The summed E-state index contributed by atoms with van der Waals surface area (Å²) >= 11 is 6.61. The maximum Gasteiger partial charge on any atom is 0.278 e. The van der Waals surface area contributed by atoms with Crippen molar-refractivity contribution in [3.05, 3.63) is 75.8 Å². The van der Waals surface area contributed by atoms with Gasteiger partial charge in [0.05, 0.1) is 16.7 Å². The van der Waals surface area contributed by atoms with Gasteiger partial charge in [-0.2, -0.15) is 5.10 Å². The summed E-state index contributed by atoms with van der Waals surface area (Å²) in [5, 5.41) is 14.8. The summed E-state index contributed by atoms with van der Waals surface area (Å²) in [6.45, 7) is 0. The number of nitrogens with one attached hydrogen (secondary N) is 1. The van der Waals surface area contributed by atoms with Gasteiger partial charge in [-0.15, -0.1) is 0 Å². The van der Waals surface area contributed by atoms with Crippen molar-refractivity contribution in [1.82, 2.24) is 5.43 Å². The molecule has 2 aromatic rings. The zero-order valence-corrected chi connectivity index (χ0v) is 13.1. The van der Waals surface area contributed by atoms with Crippen molar-refractivity contribution in [2.45, 2.75) is 5.75 Å².